The smallest absolute Gasteiger partial charge is 0.278 e. The van der Waals surface area contributed by atoms with E-state index in [0.717, 1.165) is 24.5 Å². The van der Waals surface area contributed by atoms with Gasteiger partial charge in [-0.15, -0.1) is 0 Å². The normalized spacial score (nSPS) is 14.2. The summed E-state index contributed by atoms with van der Waals surface area (Å²) in [6.45, 7) is 2.03. The minimum Gasteiger partial charge on any atom is -0.382 e. The van der Waals surface area contributed by atoms with Crippen LogP contribution in [0.25, 0.3) is 0 Å². The number of hydrogen-bond donors (Lipinski definition) is 2. The average molecular weight is 283 g/mol. The van der Waals surface area contributed by atoms with Crippen molar-refractivity contribution in [1.82, 2.24) is 9.97 Å². The number of nitrogens with one attached hydrogen (secondary N) is 1. The highest BCUT2D eigenvalue weighted by Gasteiger charge is 2.18. The van der Waals surface area contributed by atoms with Gasteiger partial charge < -0.3 is 16.0 Å². The van der Waals surface area contributed by atoms with E-state index in [9.17, 15) is 4.79 Å². The van der Waals surface area contributed by atoms with Crippen molar-refractivity contribution in [2.24, 2.45) is 0 Å². The van der Waals surface area contributed by atoms with E-state index in [-0.39, 0.29) is 17.4 Å². The molecule has 6 heteroatoms. The van der Waals surface area contributed by atoms with Gasteiger partial charge in [-0.3, -0.25) is 4.79 Å². The van der Waals surface area contributed by atoms with Crippen LogP contribution in [0.1, 0.15) is 23.3 Å². The molecular weight excluding hydrogens is 266 g/mol. The second kappa shape index (κ2) is 5.78. The fourth-order valence-corrected chi connectivity index (χ4v) is 2.52. The maximum Gasteiger partial charge on any atom is 0.278 e. The molecule has 3 N–H and O–H groups in total. The lowest BCUT2D eigenvalue weighted by Crippen LogP contribution is -2.22. The Morgan fingerprint density at radius 1 is 1.14 bits per heavy atom. The summed E-state index contributed by atoms with van der Waals surface area (Å²) in [6.07, 6.45) is 5.28. The number of nitrogen functional groups attached to an aromatic ring is 1. The second-order valence-electron chi connectivity index (χ2n) is 4.96. The van der Waals surface area contributed by atoms with Crippen LogP contribution in [0.4, 0.5) is 17.2 Å². The predicted octanol–water partition coefficient (Wildman–Crippen LogP) is 1.91. The van der Waals surface area contributed by atoms with Crippen LogP contribution >= 0.6 is 0 Å². The zero-order valence-electron chi connectivity index (χ0n) is 11.6. The third-order valence-corrected chi connectivity index (χ3v) is 3.54. The third kappa shape index (κ3) is 2.79. The summed E-state index contributed by atoms with van der Waals surface area (Å²) < 4.78 is 0. The van der Waals surface area contributed by atoms with Crippen LogP contribution in [0.2, 0.25) is 0 Å². The van der Waals surface area contributed by atoms with Crippen LogP contribution in [-0.4, -0.2) is 29.0 Å². The van der Waals surface area contributed by atoms with E-state index < -0.39 is 0 Å². The van der Waals surface area contributed by atoms with Crippen molar-refractivity contribution in [3.8, 4) is 0 Å². The first kappa shape index (κ1) is 13.4. The van der Waals surface area contributed by atoms with E-state index in [1.807, 2.05) is 24.3 Å². The lowest BCUT2D eigenvalue weighted by atomic mass is 10.2. The summed E-state index contributed by atoms with van der Waals surface area (Å²) in [4.78, 5) is 22.4. The Kier molecular flexibility index (Phi) is 3.68. The van der Waals surface area contributed by atoms with Crippen molar-refractivity contribution < 1.29 is 4.79 Å². The predicted molar refractivity (Wildman–Crippen MR) is 82.3 cm³/mol. The van der Waals surface area contributed by atoms with Crippen molar-refractivity contribution in [1.29, 1.82) is 0 Å². The molecule has 0 radical (unpaired) electrons. The van der Waals surface area contributed by atoms with Crippen LogP contribution in [-0.2, 0) is 0 Å². The molecule has 0 atom stereocenters. The summed E-state index contributed by atoms with van der Waals surface area (Å²) in [5.41, 5.74) is 7.64. The molecule has 1 aromatic heterocycles. The van der Waals surface area contributed by atoms with Gasteiger partial charge in [0, 0.05) is 25.5 Å². The molecule has 21 heavy (non-hydrogen) atoms. The number of nitrogens with zero attached hydrogens (tertiary/aromatic N) is 3. The third-order valence-electron chi connectivity index (χ3n) is 3.54. The van der Waals surface area contributed by atoms with Gasteiger partial charge in [-0.05, 0) is 25.0 Å². The summed E-state index contributed by atoms with van der Waals surface area (Å²) in [5, 5.41) is 2.88. The molecule has 1 aliphatic heterocycles. The van der Waals surface area contributed by atoms with Gasteiger partial charge in [-0.25, -0.2) is 9.97 Å². The highest BCUT2D eigenvalue weighted by atomic mass is 16.1. The Hall–Kier alpha value is -2.63. The number of anilines is 3. The van der Waals surface area contributed by atoms with Gasteiger partial charge in [0.2, 0.25) is 0 Å². The Bertz CT molecular complexity index is 652. The highest BCUT2D eigenvalue weighted by molar-refractivity contribution is 6.07. The van der Waals surface area contributed by atoms with Gasteiger partial charge in [0.05, 0.1) is 11.4 Å². The maximum absolute atomic E-state index is 12.3. The summed E-state index contributed by atoms with van der Waals surface area (Å²) in [7, 11) is 0. The Labute approximate surface area is 123 Å². The molecular formula is C15H17N5O. The first-order valence-corrected chi connectivity index (χ1v) is 6.97. The zero-order valence-corrected chi connectivity index (χ0v) is 11.6. The fourth-order valence-electron chi connectivity index (χ4n) is 2.52. The van der Waals surface area contributed by atoms with Gasteiger partial charge in [0.1, 0.15) is 0 Å². The van der Waals surface area contributed by atoms with E-state index in [4.69, 9.17) is 5.73 Å². The van der Waals surface area contributed by atoms with Crippen molar-refractivity contribution in [2.45, 2.75) is 12.8 Å². The van der Waals surface area contributed by atoms with Gasteiger partial charge in [-0.2, -0.15) is 0 Å². The van der Waals surface area contributed by atoms with Gasteiger partial charge in [0.15, 0.2) is 11.5 Å². The van der Waals surface area contributed by atoms with Crippen molar-refractivity contribution in [3.05, 3.63) is 42.4 Å². The number of nitrogens with two attached hydrogens (primary N) is 1. The molecule has 0 aliphatic carbocycles. The van der Waals surface area contributed by atoms with E-state index in [0.29, 0.717) is 0 Å². The Morgan fingerprint density at radius 3 is 2.62 bits per heavy atom. The topological polar surface area (TPSA) is 84.1 Å². The number of para-hydroxylation sites is 2. The van der Waals surface area contributed by atoms with Crippen LogP contribution in [0.15, 0.2) is 36.7 Å². The minimum atomic E-state index is -0.341. The van der Waals surface area contributed by atoms with Crippen molar-refractivity contribution in [2.75, 3.05) is 29.0 Å². The van der Waals surface area contributed by atoms with Crippen LogP contribution < -0.4 is 16.0 Å². The number of amides is 1. The molecule has 1 amide bonds. The van der Waals surface area contributed by atoms with Gasteiger partial charge in [0.25, 0.3) is 5.91 Å². The first-order valence-electron chi connectivity index (χ1n) is 6.97. The fraction of sp³-hybridized carbons (Fsp3) is 0.267. The van der Waals surface area contributed by atoms with Crippen LogP contribution in [0, 0.1) is 0 Å². The van der Waals surface area contributed by atoms with Gasteiger partial charge in [-0.1, -0.05) is 12.1 Å². The molecule has 0 saturated carbocycles. The lowest BCUT2D eigenvalue weighted by Gasteiger charge is -2.21. The molecule has 1 fully saturated rings. The number of carbonyl (C=O) groups excluding carboxylic acids is 1. The van der Waals surface area contributed by atoms with E-state index in [1.165, 1.54) is 25.2 Å². The Morgan fingerprint density at radius 2 is 1.86 bits per heavy atom. The summed E-state index contributed by atoms with van der Waals surface area (Å²) in [5.74, 6) is -0.207. The van der Waals surface area contributed by atoms with Crippen molar-refractivity contribution >= 4 is 23.1 Å². The maximum atomic E-state index is 12.3. The molecule has 3 rings (SSSR count). The monoisotopic (exact) mass is 283 g/mol. The lowest BCUT2D eigenvalue weighted by molar-refractivity contribution is 0.102. The molecule has 2 heterocycles. The average Bonchev–Trinajstić information content (AvgIpc) is 3.02. The largest absolute Gasteiger partial charge is 0.382 e. The number of benzene rings is 1. The van der Waals surface area contributed by atoms with Crippen molar-refractivity contribution in [3.63, 3.8) is 0 Å². The Balaban J connectivity index is 1.85. The molecule has 1 aromatic carbocycles. The standard InChI is InChI=1S/C15H17N5O/c16-14-13(17-7-8-18-14)15(21)19-11-5-1-2-6-12(11)20-9-3-4-10-20/h1-2,5-8H,3-4,9-10H2,(H2,16,18)(H,19,21). The minimum absolute atomic E-state index is 0.133. The van der Waals surface area contributed by atoms with Crippen LogP contribution in [0.3, 0.4) is 0 Å². The molecule has 6 nitrogen and oxygen atoms in total. The summed E-state index contributed by atoms with van der Waals surface area (Å²) in [6, 6.07) is 7.77. The zero-order chi connectivity index (χ0) is 14.7. The second-order valence-corrected chi connectivity index (χ2v) is 4.96. The number of aromatic nitrogens is 2. The quantitative estimate of drug-likeness (QED) is 0.899. The summed E-state index contributed by atoms with van der Waals surface area (Å²) >= 11 is 0. The molecule has 1 aliphatic rings. The molecule has 2 aromatic rings. The number of rotatable bonds is 3. The van der Waals surface area contributed by atoms with E-state index >= 15 is 0 Å². The molecule has 0 bridgehead atoms. The first-order chi connectivity index (χ1) is 10.3. The molecule has 1 saturated heterocycles. The highest BCUT2D eigenvalue weighted by Crippen LogP contribution is 2.29. The molecule has 0 spiro atoms. The van der Waals surface area contributed by atoms with E-state index in [1.54, 1.807) is 0 Å². The molecule has 0 unspecified atom stereocenters. The number of carbonyl (C=O) groups is 1. The van der Waals surface area contributed by atoms with Gasteiger partial charge >= 0.3 is 0 Å². The number of hydrogen-bond acceptors (Lipinski definition) is 5. The van der Waals surface area contributed by atoms with Crippen LogP contribution in [0.5, 0.6) is 0 Å². The molecule has 108 valence electrons. The van der Waals surface area contributed by atoms with E-state index in [2.05, 4.69) is 20.2 Å². The SMILES string of the molecule is Nc1nccnc1C(=O)Nc1ccccc1N1CCCC1.